The third-order valence-corrected chi connectivity index (χ3v) is 7.20. The summed E-state index contributed by atoms with van der Waals surface area (Å²) in [5.74, 6) is -0.355. The Labute approximate surface area is 114 Å². The van der Waals surface area contributed by atoms with Gasteiger partial charge in [0.1, 0.15) is 6.35 Å². The summed E-state index contributed by atoms with van der Waals surface area (Å²) in [6, 6.07) is 9.52. The second-order valence-corrected chi connectivity index (χ2v) is 8.28. The molecule has 1 aliphatic rings. The van der Waals surface area contributed by atoms with Gasteiger partial charge in [-0.3, -0.25) is 4.79 Å². The number of ether oxygens (including phenoxy) is 1. The van der Waals surface area contributed by atoms with E-state index in [9.17, 15) is 9.36 Å². The fraction of sp³-hybridized carbons (Fsp3) is 0.533. The van der Waals surface area contributed by atoms with Crippen molar-refractivity contribution >= 4 is 18.4 Å². The largest absolute Gasteiger partial charge is 0.458 e. The molecule has 0 saturated heterocycles. The van der Waals surface area contributed by atoms with Crippen LogP contribution >= 0.6 is 7.14 Å². The molecule has 0 amide bonds. The van der Waals surface area contributed by atoms with Crippen LogP contribution in [0.5, 0.6) is 0 Å². The quantitative estimate of drug-likeness (QED) is 0.626. The van der Waals surface area contributed by atoms with Crippen molar-refractivity contribution in [2.45, 2.75) is 44.7 Å². The zero-order chi connectivity index (χ0) is 13.7. The lowest BCUT2D eigenvalue weighted by Crippen LogP contribution is -2.24. The molecule has 0 heterocycles. The van der Waals surface area contributed by atoms with Crippen molar-refractivity contribution in [3.05, 3.63) is 30.3 Å². The average molecular weight is 280 g/mol. The summed E-state index contributed by atoms with van der Waals surface area (Å²) < 4.78 is 18.5. The molecule has 0 aliphatic heterocycles. The molecule has 19 heavy (non-hydrogen) atoms. The second kappa shape index (κ2) is 6.38. The zero-order valence-corrected chi connectivity index (χ0v) is 12.3. The van der Waals surface area contributed by atoms with E-state index in [4.69, 9.17) is 4.74 Å². The smallest absolute Gasteiger partial charge is 0.303 e. The molecule has 4 heteroatoms. The lowest BCUT2D eigenvalue weighted by molar-refractivity contribution is -0.138. The highest BCUT2D eigenvalue weighted by atomic mass is 31.2. The topological polar surface area (TPSA) is 43.4 Å². The van der Waals surface area contributed by atoms with Crippen LogP contribution < -0.4 is 5.30 Å². The van der Waals surface area contributed by atoms with Gasteiger partial charge in [-0.15, -0.1) is 0 Å². The van der Waals surface area contributed by atoms with Crippen LogP contribution in [-0.4, -0.2) is 18.0 Å². The highest BCUT2D eigenvalue weighted by molar-refractivity contribution is 7.72. The number of hydrogen-bond donors (Lipinski definition) is 0. The van der Waals surface area contributed by atoms with E-state index in [-0.39, 0.29) is 18.0 Å². The van der Waals surface area contributed by atoms with E-state index in [2.05, 4.69) is 0 Å². The molecular weight excluding hydrogens is 259 g/mol. The number of carbonyl (C=O) groups is 1. The van der Waals surface area contributed by atoms with Crippen molar-refractivity contribution < 1.29 is 14.1 Å². The lowest BCUT2D eigenvalue weighted by atomic mass is 10.0. The van der Waals surface area contributed by atoms with Crippen molar-refractivity contribution in [3.8, 4) is 0 Å². The van der Waals surface area contributed by atoms with Gasteiger partial charge in [-0.05, 0) is 12.8 Å². The Morgan fingerprint density at radius 3 is 2.42 bits per heavy atom. The van der Waals surface area contributed by atoms with E-state index in [1.54, 1.807) is 0 Å². The first kappa shape index (κ1) is 14.3. The third kappa shape index (κ3) is 3.48. The van der Waals surface area contributed by atoms with E-state index >= 15 is 0 Å². The maximum absolute atomic E-state index is 13.4. The van der Waals surface area contributed by atoms with Crippen molar-refractivity contribution in [2.24, 2.45) is 0 Å². The van der Waals surface area contributed by atoms with Crippen LogP contribution in [0.25, 0.3) is 0 Å². The van der Waals surface area contributed by atoms with E-state index in [1.807, 2.05) is 30.3 Å². The highest BCUT2D eigenvalue weighted by Crippen LogP contribution is 2.54. The number of benzene rings is 1. The summed E-state index contributed by atoms with van der Waals surface area (Å²) in [7, 11) is -2.64. The number of rotatable bonds is 4. The Morgan fingerprint density at radius 2 is 1.84 bits per heavy atom. The maximum Gasteiger partial charge on any atom is 0.303 e. The molecular formula is C15H21O3P. The van der Waals surface area contributed by atoms with Crippen molar-refractivity contribution in [1.29, 1.82) is 0 Å². The van der Waals surface area contributed by atoms with Crippen molar-refractivity contribution in [1.82, 2.24) is 0 Å². The Hall–Kier alpha value is -1.08. The van der Waals surface area contributed by atoms with Gasteiger partial charge in [0, 0.05) is 17.9 Å². The minimum atomic E-state index is -2.64. The molecule has 1 aliphatic carbocycles. The van der Waals surface area contributed by atoms with Crippen molar-refractivity contribution in [2.75, 3.05) is 6.35 Å². The molecule has 0 radical (unpaired) electrons. The lowest BCUT2D eigenvalue weighted by Gasteiger charge is -2.30. The standard InChI is InChI=1S/C15H21O3P/c1-13(16)18-12-19(17,14-8-4-2-5-9-14)15-10-6-3-7-11-15/h2,4-5,8-9,15H,3,6-7,10-12H2,1H3. The van der Waals surface area contributed by atoms with Crippen LogP contribution in [0, 0.1) is 0 Å². The summed E-state index contributed by atoms with van der Waals surface area (Å²) in [5.41, 5.74) is 0.169. The van der Waals surface area contributed by atoms with Gasteiger partial charge in [-0.1, -0.05) is 49.6 Å². The molecule has 0 bridgehead atoms. The molecule has 1 saturated carbocycles. The first-order valence-electron chi connectivity index (χ1n) is 6.90. The fourth-order valence-corrected chi connectivity index (χ4v) is 5.79. The van der Waals surface area contributed by atoms with Crippen LogP contribution in [0.3, 0.4) is 0 Å². The molecule has 3 nitrogen and oxygen atoms in total. The van der Waals surface area contributed by atoms with Crippen LogP contribution in [0.2, 0.25) is 0 Å². The summed E-state index contributed by atoms with van der Waals surface area (Å²) in [4.78, 5) is 11.1. The third-order valence-electron chi connectivity index (χ3n) is 3.82. The molecule has 1 aromatic rings. The van der Waals surface area contributed by atoms with Gasteiger partial charge in [-0.2, -0.15) is 0 Å². The normalized spacial score (nSPS) is 19.6. The average Bonchev–Trinajstić information content (AvgIpc) is 2.46. The van der Waals surface area contributed by atoms with Gasteiger partial charge in [0.2, 0.25) is 0 Å². The molecule has 2 rings (SSSR count). The second-order valence-electron chi connectivity index (χ2n) is 5.19. The first-order valence-corrected chi connectivity index (χ1v) is 8.87. The molecule has 0 N–H and O–H groups in total. The van der Waals surface area contributed by atoms with Crippen LogP contribution in [0.15, 0.2) is 30.3 Å². The van der Waals surface area contributed by atoms with Gasteiger partial charge in [0.15, 0.2) is 7.14 Å². The summed E-state index contributed by atoms with van der Waals surface area (Å²) in [6.07, 6.45) is 5.49. The molecule has 104 valence electrons. The van der Waals surface area contributed by atoms with E-state index < -0.39 is 7.14 Å². The van der Waals surface area contributed by atoms with E-state index in [0.29, 0.717) is 0 Å². The van der Waals surface area contributed by atoms with Crippen molar-refractivity contribution in [3.63, 3.8) is 0 Å². The van der Waals surface area contributed by atoms with Gasteiger partial charge in [0.25, 0.3) is 0 Å². The molecule has 0 aromatic heterocycles. The Kier molecular flexibility index (Phi) is 4.81. The molecule has 1 unspecified atom stereocenters. The van der Waals surface area contributed by atoms with Crippen LogP contribution in [0.4, 0.5) is 0 Å². The van der Waals surface area contributed by atoms with E-state index in [1.165, 1.54) is 13.3 Å². The molecule has 1 fully saturated rings. The maximum atomic E-state index is 13.4. The SMILES string of the molecule is CC(=O)OCP(=O)(c1ccccc1)C1CCCCC1. The minimum absolute atomic E-state index is 0.0526. The monoisotopic (exact) mass is 280 g/mol. The summed E-state index contributed by atoms with van der Waals surface area (Å²) in [6.45, 7) is 1.37. The predicted molar refractivity (Wildman–Crippen MR) is 77.2 cm³/mol. The number of esters is 1. The van der Waals surface area contributed by atoms with Crippen LogP contribution in [-0.2, 0) is 14.1 Å². The summed E-state index contributed by atoms with van der Waals surface area (Å²) in [5, 5.41) is 0.850. The summed E-state index contributed by atoms with van der Waals surface area (Å²) >= 11 is 0. The van der Waals surface area contributed by atoms with Gasteiger partial charge >= 0.3 is 5.97 Å². The Balaban J connectivity index is 2.26. The van der Waals surface area contributed by atoms with E-state index in [0.717, 1.165) is 31.0 Å². The molecule has 1 aromatic carbocycles. The van der Waals surface area contributed by atoms with Gasteiger partial charge in [0.05, 0.1) is 0 Å². The Bertz CT molecular complexity index is 464. The minimum Gasteiger partial charge on any atom is -0.458 e. The molecule has 0 spiro atoms. The van der Waals surface area contributed by atoms with Gasteiger partial charge in [-0.25, -0.2) is 0 Å². The zero-order valence-electron chi connectivity index (χ0n) is 11.4. The fourth-order valence-electron chi connectivity index (χ4n) is 2.76. The first-order chi connectivity index (χ1) is 9.13. The van der Waals surface area contributed by atoms with Crippen LogP contribution in [0.1, 0.15) is 39.0 Å². The number of carbonyl (C=O) groups excluding carboxylic acids is 1. The Morgan fingerprint density at radius 1 is 1.21 bits per heavy atom. The molecule has 1 atom stereocenters. The number of hydrogen-bond acceptors (Lipinski definition) is 3. The highest BCUT2D eigenvalue weighted by Gasteiger charge is 2.36. The van der Waals surface area contributed by atoms with Gasteiger partial charge < -0.3 is 9.30 Å². The predicted octanol–water partition coefficient (Wildman–Crippen LogP) is 3.53.